The molecular formula is C16H11N3O5S. The molecule has 0 aliphatic heterocycles. The molecule has 3 aromatic rings. The van der Waals surface area contributed by atoms with Crippen molar-refractivity contribution in [1.82, 2.24) is 9.55 Å². The molecule has 0 fully saturated rings. The van der Waals surface area contributed by atoms with Gasteiger partial charge in [-0.15, -0.1) is 0 Å². The molecule has 0 saturated carbocycles. The Balaban J connectivity index is 2.21. The van der Waals surface area contributed by atoms with Gasteiger partial charge in [0, 0.05) is 11.6 Å². The molecule has 0 aliphatic carbocycles. The van der Waals surface area contributed by atoms with Crippen molar-refractivity contribution in [3.63, 3.8) is 0 Å². The normalized spacial score (nSPS) is 10.6. The van der Waals surface area contributed by atoms with E-state index >= 15 is 0 Å². The Morgan fingerprint density at radius 1 is 1.28 bits per heavy atom. The number of aromatic amines is 1. The van der Waals surface area contributed by atoms with Crippen LogP contribution in [-0.4, -0.2) is 27.5 Å². The van der Waals surface area contributed by atoms with Gasteiger partial charge in [0.05, 0.1) is 22.9 Å². The zero-order valence-electron chi connectivity index (χ0n) is 12.9. The summed E-state index contributed by atoms with van der Waals surface area (Å²) in [6.45, 7) is 0. The summed E-state index contributed by atoms with van der Waals surface area (Å²) in [5.41, 5.74) is -0.522. The minimum atomic E-state index is -0.761. The van der Waals surface area contributed by atoms with E-state index in [4.69, 9.17) is 17.0 Å². The first kappa shape index (κ1) is 16.5. The SMILES string of the molecule is COc1ccc(C(=O)n2c(=S)[nH]c3ccccc3c2=O)cc1[N+](=O)[O-]. The fourth-order valence-electron chi connectivity index (χ4n) is 2.44. The van der Waals surface area contributed by atoms with Crippen LogP contribution in [0.3, 0.4) is 0 Å². The van der Waals surface area contributed by atoms with Crippen LogP contribution in [0.1, 0.15) is 10.4 Å². The molecule has 25 heavy (non-hydrogen) atoms. The summed E-state index contributed by atoms with van der Waals surface area (Å²) in [7, 11) is 1.29. The Morgan fingerprint density at radius 3 is 2.68 bits per heavy atom. The number of fused-ring (bicyclic) bond motifs is 1. The average molecular weight is 357 g/mol. The summed E-state index contributed by atoms with van der Waals surface area (Å²) in [5.74, 6) is -0.750. The number of nitrogens with one attached hydrogen (secondary N) is 1. The van der Waals surface area contributed by atoms with Crippen molar-refractivity contribution in [2.24, 2.45) is 0 Å². The second kappa shape index (κ2) is 6.29. The molecular weight excluding hydrogens is 346 g/mol. The van der Waals surface area contributed by atoms with Crippen LogP contribution in [0, 0.1) is 14.9 Å². The first-order chi connectivity index (χ1) is 11.9. The van der Waals surface area contributed by atoms with Crippen LogP contribution in [0.15, 0.2) is 47.3 Å². The first-order valence-electron chi connectivity index (χ1n) is 7.05. The summed E-state index contributed by atoms with van der Waals surface area (Å²) >= 11 is 5.10. The number of carbonyl (C=O) groups excluding carboxylic acids is 1. The van der Waals surface area contributed by atoms with Crippen molar-refractivity contribution in [1.29, 1.82) is 0 Å². The van der Waals surface area contributed by atoms with E-state index in [1.54, 1.807) is 24.3 Å². The predicted molar refractivity (Wildman–Crippen MR) is 92.8 cm³/mol. The van der Waals surface area contributed by atoms with Crippen molar-refractivity contribution in [2.75, 3.05) is 7.11 Å². The summed E-state index contributed by atoms with van der Waals surface area (Å²) < 4.78 is 5.59. The summed E-state index contributed by atoms with van der Waals surface area (Å²) in [6, 6.07) is 10.3. The molecule has 3 rings (SSSR count). The van der Waals surface area contributed by atoms with E-state index in [2.05, 4.69) is 4.98 Å². The molecule has 126 valence electrons. The lowest BCUT2D eigenvalue weighted by Gasteiger charge is -2.08. The number of para-hydroxylation sites is 1. The molecule has 0 unspecified atom stereocenters. The van der Waals surface area contributed by atoms with Crippen molar-refractivity contribution >= 4 is 34.7 Å². The number of nitro groups is 1. The van der Waals surface area contributed by atoms with Crippen LogP contribution in [0.25, 0.3) is 10.9 Å². The quantitative estimate of drug-likeness (QED) is 0.439. The zero-order chi connectivity index (χ0) is 18.1. The number of aromatic nitrogens is 2. The number of rotatable bonds is 3. The second-order valence-electron chi connectivity index (χ2n) is 5.07. The monoisotopic (exact) mass is 357 g/mol. The number of methoxy groups -OCH3 is 1. The Bertz CT molecular complexity index is 1130. The van der Waals surface area contributed by atoms with Crippen LogP contribution in [0.4, 0.5) is 5.69 Å². The topological polar surface area (TPSA) is 107 Å². The van der Waals surface area contributed by atoms with E-state index in [-0.39, 0.29) is 27.2 Å². The number of benzene rings is 2. The van der Waals surface area contributed by atoms with Gasteiger partial charge in [-0.2, -0.15) is 0 Å². The molecule has 0 saturated heterocycles. The fraction of sp³-hybridized carbons (Fsp3) is 0.0625. The third kappa shape index (κ3) is 2.81. The highest BCUT2D eigenvalue weighted by Gasteiger charge is 2.21. The molecule has 0 bridgehead atoms. The second-order valence-corrected chi connectivity index (χ2v) is 5.45. The van der Waals surface area contributed by atoms with Gasteiger partial charge >= 0.3 is 5.69 Å². The minimum absolute atomic E-state index is 0.0116. The van der Waals surface area contributed by atoms with Gasteiger partial charge in [0.25, 0.3) is 11.5 Å². The molecule has 1 heterocycles. The average Bonchev–Trinajstić information content (AvgIpc) is 2.61. The minimum Gasteiger partial charge on any atom is -0.490 e. The Hall–Kier alpha value is -3.33. The van der Waals surface area contributed by atoms with E-state index in [0.717, 1.165) is 10.6 Å². The van der Waals surface area contributed by atoms with Gasteiger partial charge in [-0.1, -0.05) is 12.1 Å². The van der Waals surface area contributed by atoms with Crippen LogP contribution < -0.4 is 10.3 Å². The fourth-order valence-corrected chi connectivity index (χ4v) is 2.72. The molecule has 0 radical (unpaired) electrons. The molecule has 0 spiro atoms. The number of carbonyl (C=O) groups is 1. The maximum absolute atomic E-state index is 12.7. The molecule has 1 N–H and O–H groups in total. The number of hydrogen-bond acceptors (Lipinski definition) is 6. The Morgan fingerprint density at radius 2 is 2.00 bits per heavy atom. The van der Waals surface area contributed by atoms with Crippen LogP contribution in [0.5, 0.6) is 5.75 Å². The molecule has 1 aromatic heterocycles. The largest absolute Gasteiger partial charge is 0.490 e. The molecule has 8 nitrogen and oxygen atoms in total. The highest BCUT2D eigenvalue weighted by atomic mass is 32.1. The predicted octanol–water partition coefficient (Wildman–Crippen LogP) is 2.66. The van der Waals surface area contributed by atoms with Crippen molar-refractivity contribution in [2.45, 2.75) is 0 Å². The van der Waals surface area contributed by atoms with Crippen LogP contribution in [-0.2, 0) is 0 Å². The summed E-state index contributed by atoms with van der Waals surface area (Å²) in [6.07, 6.45) is 0. The number of H-pyrrole nitrogens is 1. The van der Waals surface area contributed by atoms with E-state index < -0.39 is 16.4 Å². The number of nitro benzene ring substituents is 1. The van der Waals surface area contributed by atoms with Gasteiger partial charge in [0.1, 0.15) is 0 Å². The number of nitrogens with zero attached hydrogens (tertiary/aromatic N) is 2. The lowest BCUT2D eigenvalue weighted by molar-refractivity contribution is -0.385. The Labute approximate surface area is 145 Å². The summed E-state index contributed by atoms with van der Waals surface area (Å²) in [4.78, 5) is 38.6. The third-order valence-corrected chi connectivity index (χ3v) is 3.92. The summed E-state index contributed by atoms with van der Waals surface area (Å²) in [5, 5.41) is 11.4. The maximum Gasteiger partial charge on any atom is 0.311 e. The lowest BCUT2D eigenvalue weighted by Crippen LogP contribution is -2.29. The van der Waals surface area contributed by atoms with Gasteiger partial charge in [-0.05, 0) is 36.5 Å². The van der Waals surface area contributed by atoms with Crippen molar-refractivity contribution in [3.8, 4) is 5.75 Å². The number of hydrogen-bond donors (Lipinski definition) is 1. The smallest absolute Gasteiger partial charge is 0.311 e. The molecule has 0 amide bonds. The standard InChI is InChI=1S/C16H11N3O5S/c1-24-13-7-6-9(8-12(13)19(22)23)14(20)18-15(21)10-4-2-3-5-11(10)17-16(18)25/h2-8H,1H3,(H,17,25). The lowest BCUT2D eigenvalue weighted by atomic mass is 10.1. The van der Waals surface area contributed by atoms with Gasteiger partial charge in [0.15, 0.2) is 10.5 Å². The van der Waals surface area contributed by atoms with Crippen molar-refractivity contribution < 1.29 is 14.5 Å². The molecule has 9 heteroatoms. The molecule has 2 aromatic carbocycles. The maximum atomic E-state index is 12.7. The highest BCUT2D eigenvalue weighted by Crippen LogP contribution is 2.27. The van der Waals surface area contributed by atoms with E-state index in [1.165, 1.54) is 19.2 Å². The first-order valence-corrected chi connectivity index (χ1v) is 7.46. The third-order valence-electron chi connectivity index (χ3n) is 3.63. The van der Waals surface area contributed by atoms with Crippen LogP contribution >= 0.6 is 12.2 Å². The Kier molecular flexibility index (Phi) is 4.15. The highest BCUT2D eigenvalue weighted by molar-refractivity contribution is 7.71. The van der Waals surface area contributed by atoms with Gasteiger partial charge in [-0.25, -0.2) is 4.57 Å². The van der Waals surface area contributed by atoms with Crippen LogP contribution in [0.2, 0.25) is 0 Å². The van der Waals surface area contributed by atoms with Gasteiger partial charge < -0.3 is 9.72 Å². The van der Waals surface area contributed by atoms with E-state index in [1.807, 2.05) is 0 Å². The zero-order valence-corrected chi connectivity index (χ0v) is 13.7. The van der Waals surface area contributed by atoms with E-state index in [0.29, 0.717) is 5.52 Å². The number of ether oxygens (including phenoxy) is 1. The van der Waals surface area contributed by atoms with E-state index in [9.17, 15) is 19.7 Å². The van der Waals surface area contributed by atoms with Gasteiger partial charge in [0.2, 0.25) is 0 Å². The van der Waals surface area contributed by atoms with Crippen molar-refractivity contribution in [3.05, 3.63) is 73.3 Å². The van der Waals surface area contributed by atoms with Gasteiger partial charge in [-0.3, -0.25) is 19.7 Å². The molecule has 0 aliphatic rings. The molecule has 0 atom stereocenters.